The smallest absolute Gasteiger partial charge is 0.123 e. The highest BCUT2D eigenvalue weighted by molar-refractivity contribution is 7.18. The van der Waals surface area contributed by atoms with E-state index in [1.807, 2.05) is 36.4 Å². The topological polar surface area (TPSA) is 44.5 Å². The number of hydrogen-bond acceptors (Lipinski definition) is 4. The molecule has 0 fully saturated rings. The lowest BCUT2D eigenvalue weighted by molar-refractivity contribution is 0.305. The first kappa shape index (κ1) is 12.8. The molecule has 4 heteroatoms. The van der Waals surface area contributed by atoms with Crippen molar-refractivity contribution in [2.24, 2.45) is 0 Å². The Morgan fingerprint density at radius 3 is 2.75 bits per heavy atom. The van der Waals surface area contributed by atoms with Crippen LogP contribution in [0.4, 0.5) is 5.69 Å². The fourth-order valence-corrected chi connectivity index (χ4v) is 3.08. The van der Waals surface area contributed by atoms with Gasteiger partial charge in [0.15, 0.2) is 0 Å². The Balaban J connectivity index is 1.81. The molecule has 0 aliphatic rings. The van der Waals surface area contributed by atoms with Gasteiger partial charge in [0.05, 0.1) is 11.8 Å². The molecule has 3 aromatic rings. The Labute approximate surface area is 121 Å². The minimum absolute atomic E-state index is 0.524. The van der Waals surface area contributed by atoms with Crippen molar-refractivity contribution in [1.29, 1.82) is 0 Å². The van der Waals surface area contributed by atoms with Gasteiger partial charge in [0, 0.05) is 22.7 Å². The third-order valence-corrected chi connectivity index (χ3v) is 4.24. The molecule has 0 radical (unpaired) electrons. The molecule has 20 heavy (non-hydrogen) atoms. The van der Waals surface area contributed by atoms with Gasteiger partial charge in [-0.1, -0.05) is 18.2 Å². The summed E-state index contributed by atoms with van der Waals surface area (Å²) in [5.74, 6) is 1.59. The van der Waals surface area contributed by atoms with Crippen LogP contribution in [-0.2, 0) is 6.61 Å². The number of thiophene rings is 1. The van der Waals surface area contributed by atoms with E-state index >= 15 is 0 Å². The summed E-state index contributed by atoms with van der Waals surface area (Å²) in [6.45, 7) is 0.524. The zero-order valence-corrected chi connectivity index (χ0v) is 11.9. The number of nitrogen functional groups attached to an aromatic ring is 1. The highest BCUT2D eigenvalue weighted by Crippen LogP contribution is 2.31. The second kappa shape index (κ2) is 5.43. The number of nitrogens with two attached hydrogens (primary N) is 1. The maximum absolute atomic E-state index is 5.97. The second-order valence-electron chi connectivity index (χ2n) is 4.45. The summed E-state index contributed by atoms with van der Waals surface area (Å²) in [6, 6.07) is 13.6. The first-order valence-electron chi connectivity index (χ1n) is 6.29. The first-order chi connectivity index (χ1) is 9.78. The quantitative estimate of drug-likeness (QED) is 0.735. The van der Waals surface area contributed by atoms with Crippen molar-refractivity contribution < 1.29 is 9.47 Å². The molecule has 0 aliphatic heterocycles. The number of ether oxygens (including phenoxy) is 2. The Bertz CT molecular complexity index is 736. The summed E-state index contributed by atoms with van der Waals surface area (Å²) in [4.78, 5) is 0. The standard InChI is InChI=1S/C16H15NO2S/c1-18-12-4-2-5-13(8-12)19-9-11-10-20-16-14(11)6-3-7-15(16)17/h2-8,10H,9,17H2,1H3. The maximum atomic E-state index is 5.97. The minimum atomic E-state index is 0.524. The highest BCUT2D eigenvalue weighted by atomic mass is 32.1. The van der Waals surface area contributed by atoms with Gasteiger partial charge in [0.2, 0.25) is 0 Å². The van der Waals surface area contributed by atoms with Gasteiger partial charge in [-0.3, -0.25) is 0 Å². The second-order valence-corrected chi connectivity index (χ2v) is 5.33. The van der Waals surface area contributed by atoms with Crippen LogP contribution >= 0.6 is 11.3 Å². The van der Waals surface area contributed by atoms with Crippen molar-refractivity contribution in [2.75, 3.05) is 12.8 Å². The number of anilines is 1. The van der Waals surface area contributed by atoms with E-state index in [4.69, 9.17) is 15.2 Å². The summed E-state index contributed by atoms with van der Waals surface area (Å²) < 4.78 is 12.1. The molecule has 0 saturated carbocycles. The average Bonchev–Trinajstić information content (AvgIpc) is 2.90. The molecule has 0 atom stereocenters. The summed E-state index contributed by atoms with van der Waals surface area (Å²) in [5, 5.41) is 3.26. The van der Waals surface area contributed by atoms with Gasteiger partial charge >= 0.3 is 0 Å². The molecule has 3 nitrogen and oxygen atoms in total. The van der Waals surface area contributed by atoms with Crippen molar-refractivity contribution in [3.05, 3.63) is 53.4 Å². The molecule has 0 unspecified atom stereocenters. The number of hydrogen-bond donors (Lipinski definition) is 1. The van der Waals surface area contributed by atoms with Crippen LogP contribution in [0.15, 0.2) is 47.8 Å². The zero-order valence-electron chi connectivity index (χ0n) is 11.1. The number of fused-ring (bicyclic) bond motifs is 1. The van der Waals surface area contributed by atoms with Crippen LogP contribution in [0.1, 0.15) is 5.56 Å². The van der Waals surface area contributed by atoms with Crippen molar-refractivity contribution in [1.82, 2.24) is 0 Å². The Morgan fingerprint density at radius 1 is 1.10 bits per heavy atom. The van der Waals surface area contributed by atoms with Crippen molar-refractivity contribution in [3.8, 4) is 11.5 Å². The van der Waals surface area contributed by atoms with Gasteiger partial charge < -0.3 is 15.2 Å². The summed E-state index contributed by atoms with van der Waals surface area (Å²) >= 11 is 1.65. The first-order valence-corrected chi connectivity index (χ1v) is 7.17. The van der Waals surface area contributed by atoms with Crippen molar-refractivity contribution in [2.45, 2.75) is 6.61 Å². The number of benzene rings is 2. The molecule has 2 aromatic carbocycles. The van der Waals surface area contributed by atoms with Crippen LogP contribution in [0.3, 0.4) is 0 Å². The molecule has 0 amide bonds. The monoisotopic (exact) mass is 285 g/mol. The predicted molar refractivity (Wildman–Crippen MR) is 83.6 cm³/mol. The van der Waals surface area contributed by atoms with Crippen LogP contribution in [0, 0.1) is 0 Å². The van der Waals surface area contributed by atoms with E-state index in [-0.39, 0.29) is 0 Å². The summed E-state index contributed by atoms with van der Waals surface area (Å²) in [6.07, 6.45) is 0. The van der Waals surface area contributed by atoms with Gasteiger partial charge in [-0.25, -0.2) is 0 Å². The fraction of sp³-hybridized carbons (Fsp3) is 0.125. The zero-order chi connectivity index (χ0) is 13.9. The summed E-state index contributed by atoms with van der Waals surface area (Å²) in [7, 11) is 1.65. The minimum Gasteiger partial charge on any atom is -0.497 e. The van der Waals surface area contributed by atoms with Gasteiger partial charge in [0.25, 0.3) is 0 Å². The third kappa shape index (κ3) is 2.42. The fourth-order valence-electron chi connectivity index (χ4n) is 2.10. The van der Waals surface area contributed by atoms with E-state index in [1.54, 1.807) is 18.4 Å². The molecule has 2 N–H and O–H groups in total. The van der Waals surface area contributed by atoms with E-state index < -0.39 is 0 Å². The molecule has 0 spiro atoms. The Kier molecular flexibility index (Phi) is 3.48. The van der Waals surface area contributed by atoms with Crippen molar-refractivity contribution in [3.63, 3.8) is 0 Å². The van der Waals surface area contributed by atoms with Gasteiger partial charge in [-0.05, 0) is 23.6 Å². The molecule has 102 valence electrons. The third-order valence-electron chi connectivity index (χ3n) is 3.15. The average molecular weight is 285 g/mol. The van der Waals surface area contributed by atoms with Crippen LogP contribution in [0.2, 0.25) is 0 Å². The molecule has 1 heterocycles. The van der Waals surface area contributed by atoms with Crippen LogP contribution < -0.4 is 15.2 Å². The van der Waals surface area contributed by atoms with E-state index in [1.165, 1.54) is 0 Å². The lowest BCUT2D eigenvalue weighted by atomic mass is 10.2. The van der Waals surface area contributed by atoms with Crippen LogP contribution in [0.25, 0.3) is 10.1 Å². The normalized spacial score (nSPS) is 10.7. The van der Waals surface area contributed by atoms with Gasteiger partial charge in [0.1, 0.15) is 18.1 Å². The van der Waals surface area contributed by atoms with Gasteiger partial charge in [-0.15, -0.1) is 11.3 Å². The van der Waals surface area contributed by atoms with E-state index in [0.717, 1.165) is 32.8 Å². The lowest BCUT2D eigenvalue weighted by Crippen LogP contribution is -1.95. The molecule has 0 bridgehead atoms. The SMILES string of the molecule is COc1cccc(OCc2csc3c(N)cccc23)c1. The van der Waals surface area contributed by atoms with E-state index in [9.17, 15) is 0 Å². The largest absolute Gasteiger partial charge is 0.497 e. The highest BCUT2D eigenvalue weighted by Gasteiger charge is 2.07. The Morgan fingerprint density at radius 2 is 1.90 bits per heavy atom. The molecular formula is C16H15NO2S. The Hall–Kier alpha value is -2.20. The number of methoxy groups -OCH3 is 1. The molecule has 0 aliphatic carbocycles. The summed E-state index contributed by atoms with van der Waals surface area (Å²) in [5.41, 5.74) is 7.94. The molecule has 3 rings (SSSR count). The van der Waals surface area contributed by atoms with Crippen molar-refractivity contribution >= 4 is 27.1 Å². The van der Waals surface area contributed by atoms with E-state index in [0.29, 0.717) is 6.61 Å². The maximum Gasteiger partial charge on any atom is 0.123 e. The molecule has 0 saturated heterocycles. The molecule has 1 aromatic heterocycles. The van der Waals surface area contributed by atoms with Crippen LogP contribution in [0.5, 0.6) is 11.5 Å². The van der Waals surface area contributed by atoms with Gasteiger partial charge in [-0.2, -0.15) is 0 Å². The van der Waals surface area contributed by atoms with E-state index in [2.05, 4.69) is 11.4 Å². The van der Waals surface area contributed by atoms with Crippen LogP contribution in [-0.4, -0.2) is 7.11 Å². The molecular weight excluding hydrogens is 270 g/mol. The predicted octanol–water partition coefficient (Wildman–Crippen LogP) is 4.07. The number of rotatable bonds is 4. The lowest BCUT2D eigenvalue weighted by Gasteiger charge is -2.07.